The molecule has 4 heterocycles. The topological polar surface area (TPSA) is 113 Å². The molecule has 0 saturated heterocycles. The number of rotatable bonds is 8. The highest BCUT2D eigenvalue weighted by molar-refractivity contribution is 7.11. The third kappa shape index (κ3) is 13.4. The van der Waals surface area contributed by atoms with Gasteiger partial charge in [0, 0.05) is 41.1 Å². The zero-order chi connectivity index (χ0) is 33.7. The minimum Gasteiger partial charge on any atom is -0.425 e. The Balaban J connectivity index is 0.000000293. The molecule has 11 heteroatoms. The van der Waals surface area contributed by atoms with Crippen molar-refractivity contribution in [2.45, 2.75) is 158 Å². The molecule has 10 nitrogen and oxygen atoms in total. The standard InChI is InChI=1S/C9H15NS.2C8H15N3.C8H14N2O/c1-6(2)8-5-10-9(11-8)7(3)4;1-6(2)8-5-11(7(3)4)10-9-8;1-6(2)8-5-9-11(10-8)7(3)4;1-5(2)7-9-10-8(11-7)6(3)4/h3*5-7H,1-4H3;5-6H,1-4H3. The SMILES string of the molecule is CC(C)c1cn(C(C)C)nn1.CC(C)c1cnc(C(C)C)s1.CC(C)c1cnn(C(C)C)n1.CC(C)c1nnc(C(C)C)o1. The largest absolute Gasteiger partial charge is 0.425 e. The van der Waals surface area contributed by atoms with Crippen LogP contribution in [0.15, 0.2) is 23.0 Å². The number of hydrogen-bond donors (Lipinski definition) is 0. The average Bonchev–Trinajstić information content (AvgIpc) is 3.76. The second kappa shape index (κ2) is 18.8. The van der Waals surface area contributed by atoms with Crippen LogP contribution in [0.1, 0.15) is 191 Å². The van der Waals surface area contributed by atoms with Gasteiger partial charge in [-0.15, -0.1) is 26.6 Å². The van der Waals surface area contributed by atoms with Crippen molar-refractivity contribution in [2.75, 3.05) is 0 Å². The molecule has 0 radical (unpaired) electrons. The Kier molecular flexibility index (Phi) is 16.7. The minimum absolute atomic E-state index is 0.329. The van der Waals surface area contributed by atoms with Crippen molar-refractivity contribution in [2.24, 2.45) is 0 Å². The summed E-state index contributed by atoms with van der Waals surface area (Å²) in [6, 6.07) is 0.775. The Morgan fingerprint density at radius 2 is 1.14 bits per heavy atom. The van der Waals surface area contributed by atoms with Crippen molar-refractivity contribution in [3.8, 4) is 0 Å². The zero-order valence-electron chi connectivity index (χ0n) is 30.2. The summed E-state index contributed by atoms with van der Waals surface area (Å²) in [4.78, 5) is 7.50. The molecular formula is C33H59N9OS. The predicted octanol–water partition coefficient (Wildman–Crippen LogP) is 9.67. The molecule has 44 heavy (non-hydrogen) atoms. The summed E-state index contributed by atoms with van der Waals surface area (Å²) in [5, 5.41) is 25.6. The van der Waals surface area contributed by atoms with Crippen LogP contribution in [0.5, 0.6) is 0 Å². The van der Waals surface area contributed by atoms with Crippen LogP contribution in [-0.4, -0.2) is 45.2 Å². The van der Waals surface area contributed by atoms with Gasteiger partial charge in [0.05, 0.1) is 28.6 Å². The summed E-state index contributed by atoms with van der Waals surface area (Å²) in [6.07, 6.45) is 5.85. The Labute approximate surface area is 270 Å². The van der Waals surface area contributed by atoms with Gasteiger partial charge in [0.2, 0.25) is 11.8 Å². The molecular weight excluding hydrogens is 570 g/mol. The zero-order valence-corrected chi connectivity index (χ0v) is 31.0. The van der Waals surface area contributed by atoms with Crippen LogP contribution in [0.2, 0.25) is 0 Å². The second-order valence-electron chi connectivity index (χ2n) is 13.4. The molecule has 0 aliphatic rings. The highest BCUT2D eigenvalue weighted by Gasteiger charge is 2.11. The summed E-state index contributed by atoms with van der Waals surface area (Å²) in [5.41, 5.74) is 2.14. The van der Waals surface area contributed by atoms with Gasteiger partial charge >= 0.3 is 0 Å². The molecule has 0 spiro atoms. The van der Waals surface area contributed by atoms with E-state index in [2.05, 4.69) is 119 Å². The molecule has 0 atom stereocenters. The van der Waals surface area contributed by atoms with E-state index in [4.69, 9.17) is 4.42 Å². The van der Waals surface area contributed by atoms with Crippen molar-refractivity contribution in [1.29, 1.82) is 0 Å². The molecule has 0 saturated carbocycles. The minimum atomic E-state index is 0.329. The maximum Gasteiger partial charge on any atom is 0.219 e. The Morgan fingerprint density at radius 1 is 0.591 bits per heavy atom. The average molecular weight is 630 g/mol. The van der Waals surface area contributed by atoms with Crippen LogP contribution in [0.3, 0.4) is 0 Å². The highest BCUT2D eigenvalue weighted by Crippen LogP contribution is 2.26. The van der Waals surface area contributed by atoms with Crippen LogP contribution in [0.25, 0.3) is 0 Å². The molecule has 248 valence electrons. The van der Waals surface area contributed by atoms with E-state index in [1.54, 1.807) is 4.80 Å². The van der Waals surface area contributed by atoms with Crippen LogP contribution in [-0.2, 0) is 0 Å². The van der Waals surface area contributed by atoms with Gasteiger partial charge in [0.25, 0.3) is 0 Å². The number of hydrogen-bond acceptors (Lipinski definition) is 9. The quantitative estimate of drug-likeness (QED) is 0.189. The Bertz CT molecular complexity index is 1020. The summed E-state index contributed by atoms with van der Waals surface area (Å²) >= 11 is 1.84. The maximum absolute atomic E-state index is 5.38. The second-order valence-corrected chi connectivity index (χ2v) is 14.5. The summed E-state index contributed by atoms with van der Waals surface area (Å²) < 4.78 is 7.27. The molecule has 4 aromatic heterocycles. The van der Waals surface area contributed by atoms with E-state index in [0.29, 0.717) is 47.6 Å². The monoisotopic (exact) mass is 629 g/mol. The molecule has 0 amide bonds. The van der Waals surface area contributed by atoms with Gasteiger partial charge < -0.3 is 4.42 Å². The normalized spacial score (nSPS) is 11.5. The van der Waals surface area contributed by atoms with Crippen molar-refractivity contribution in [1.82, 2.24) is 45.2 Å². The summed E-state index contributed by atoms with van der Waals surface area (Å²) in [5.74, 6) is 4.27. The third-order valence-corrected chi connectivity index (χ3v) is 7.88. The first-order valence-corrected chi connectivity index (χ1v) is 16.9. The van der Waals surface area contributed by atoms with Crippen LogP contribution in [0, 0.1) is 0 Å². The fraction of sp³-hybridized carbons (Fsp3) is 0.727. The molecule has 0 aliphatic carbocycles. The van der Waals surface area contributed by atoms with Crippen LogP contribution < -0.4 is 0 Å². The number of aromatic nitrogens is 9. The van der Waals surface area contributed by atoms with Gasteiger partial charge in [0.1, 0.15) is 0 Å². The molecule has 4 rings (SSSR count). The Hall–Kier alpha value is -2.95. The van der Waals surface area contributed by atoms with Gasteiger partial charge in [-0.2, -0.15) is 15.0 Å². The van der Waals surface area contributed by atoms with E-state index in [9.17, 15) is 0 Å². The smallest absolute Gasteiger partial charge is 0.219 e. The van der Waals surface area contributed by atoms with E-state index >= 15 is 0 Å². The van der Waals surface area contributed by atoms with E-state index in [0.717, 1.165) is 23.2 Å². The molecule has 0 aliphatic heterocycles. The van der Waals surface area contributed by atoms with Crippen LogP contribution in [0.4, 0.5) is 0 Å². The number of thiazole rings is 1. The first-order valence-electron chi connectivity index (χ1n) is 16.1. The third-order valence-electron chi connectivity index (χ3n) is 6.28. The van der Waals surface area contributed by atoms with Crippen molar-refractivity contribution < 1.29 is 4.42 Å². The van der Waals surface area contributed by atoms with Gasteiger partial charge in [-0.1, -0.05) is 88.3 Å². The molecule has 0 bridgehead atoms. The first-order chi connectivity index (χ1) is 20.4. The molecule has 4 aromatic rings. The fourth-order valence-electron chi connectivity index (χ4n) is 3.16. The highest BCUT2D eigenvalue weighted by atomic mass is 32.1. The van der Waals surface area contributed by atoms with Gasteiger partial charge in [-0.05, 0) is 45.4 Å². The van der Waals surface area contributed by atoms with E-state index < -0.39 is 0 Å². The lowest BCUT2D eigenvalue weighted by Crippen LogP contribution is -2.05. The van der Waals surface area contributed by atoms with Crippen molar-refractivity contribution in [3.63, 3.8) is 0 Å². The summed E-state index contributed by atoms with van der Waals surface area (Å²) in [7, 11) is 0. The van der Waals surface area contributed by atoms with E-state index in [1.807, 2.05) is 62.3 Å². The lowest BCUT2D eigenvalue weighted by molar-refractivity contribution is 0.417. The molecule has 0 N–H and O–H groups in total. The lowest BCUT2D eigenvalue weighted by Gasteiger charge is -2.01. The van der Waals surface area contributed by atoms with Gasteiger partial charge in [0.15, 0.2) is 0 Å². The molecule has 0 fully saturated rings. The van der Waals surface area contributed by atoms with Gasteiger partial charge in [-0.25, -0.2) is 9.67 Å². The molecule has 0 unspecified atom stereocenters. The van der Waals surface area contributed by atoms with Crippen molar-refractivity contribution in [3.05, 3.63) is 51.6 Å². The van der Waals surface area contributed by atoms with E-state index in [-0.39, 0.29) is 0 Å². The van der Waals surface area contributed by atoms with E-state index in [1.165, 1.54) is 9.88 Å². The van der Waals surface area contributed by atoms with Crippen molar-refractivity contribution >= 4 is 11.3 Å². The fourth-order valence-corrected chi connectivity index (χ4v) is 4.08. The summed E-state index contributed by atoms with van der Waals surface area (Å²) in [6.45, 7) is 33.8. The number of nitrogens with zero attached hydrogens (tertiary/aromatic N) is 9. The predicted molar refractivity (Wildman–Crippen MR) is 182 cm³/mol. The Morgan fingerprint density at radius 3 is 1.39 bits per heavy atom. The maximum atomic E-state index is 5.38. The lowest BCUT2D eigenvalue weighted by atomic mass is 10.2. The van der Waals surface area contributed by atoms with Gasteiger partial charge in [-0.3, -0.25) is 0 Å². The first kappa shape index (κ1) is 39.1. The molecule has 0 aromatic carbocycles. The van der Waals surface area contributed by atoms with Crippen LogP contribution >= 0.6 is 11.3 Å².